The van der Waals surface area contributed by atoms with Crippen LogP contribution < -0.4 is 5.73 Å². The first kappa shape index (κ1) is 13.6. The van der Waals surface area contributed by atoms with Gasteiger partial charge in [0, 0.05) is 5.56 Å². The van der Waals surface area contributed by atoms with Crippen LogP contribution in [0.3, 0.4) is 0 Å². The zero-order valence-corrected chi connectivity index (χ0v) is 12.2. The molecule has 0 radical (unpaired) electrons. The Morgan fingerprint density at radius 2 is 2.00 bits per heavy atom. The van der Waals surface area contributed by atoms with Crippen molar-refractivity contribution in [3.63, 3.8) is 0 Å². The minimum Gasteiger partial charge on any atom is -0.398 e. The molecule has 3 rings (SSSR count). The molecule has 0 bridgehead atoms. The summed E-state index contributed by atoms with van der Waals surface area (Å²) in [4.78, 5) is 0. The quantitative estimate of drug-likeness (QED) is 0.754. The number of halogens is 1. The van der Waals surface area contributed by atoms with Crippen molar-refractivity contribution in [1.29, 1.82) is 0 Å². The summed E-state index contributed by atoms with van der Waals surface area (Å²) in [7, 11) is 0. The first-order valence-corrected chi connectivity index (χ1v) is 7.00. The second-order valence-electron chi connectivity index (χ2n) is 4.65. The van der Waals surface area contributed by atoms with E-state index >= 15 is 0 Å². The minimum absolute atomic E-state index is 0.459. The average Bonchev–Trinajstić information content (AvgIpc) is 2.99. The highest BCUT2D eigenvalue weighted by atomic mass is 35.5. The number of hydrogen-bond acceptors (Lipinski definition) is 4. The highest BCUT2D eigenvalue weighted by molar-refractivity contribution is 6.35. The van der Waals surface area contributed by atoms with Gasteiger partial charge >= 0.3 is 0 Å². The van der Waals surface area contributed by atoms with E-state index in [4.69, 9.17) is 17.3 Å². The van der Waals surface area contributed by atoms with E-state index < -0.39 is 0 Å². The molecule has 6 heteroatoms. The summed E-state index contributed by atoms with van der Waals surface area (Å²) >= 11 is 6.27. The van der Waals surface area contributed by atoms with Crippen molar-refractivity contribution in [2.45, 2.75) is 13.3 Å². The molecule has 5 nitrogen and oxygen atoms in total. The average molecular weight is 300 g/mol. The van der Waals surface area contributed by atoms with Gasteiger partial charge in [-0.05, 0) is 46.7 Å². The molecule has 21 heavy (non-hydrogen) atoms. The van der Waals surface area contributed by atoms with Gasteiger partial charge in [0.05, 0.1) is 16.4 Å². The minimum atomic E-state index is 0.459. The molecule has 3 aromatic rings. The number of hydrogen-bond donors (Lipinski definition) is 1. The third-order valence-electron chi connectivity index (χ3n) is 3.30. The summed E-state index contributed by atoms with van der Waals surface area (Å²) < 4.78 is 1.67. The summed E-state index contributed by atoms with van der Waals surface area (Å²) in [6, 6.07) is 13.5. The van der Waals surface area contributed by atoms with Crippen molar-refractivity contribution in [3.8, 4) is 17.1 Å². The topological polar surface area (TPSA) is 69.6 Å². The Morgan fingerprint density at radius 3 is 2.81 bits per heavy atom. The molecule has 106 valence electrons. The van der Waals surface area contributed by atoms with Crippen LogP contribution in [0.25, 0.3) is 17.1 Å². The van der Waals surface area contributed by atoms with Crippen LogP contribution in [0.4, 0.5) is 5.69 Å². The fraction of sp³-hybridized carbons (Fsp3) is 0.133. The molecular formula is C15H14ClN5. The van der Waals surface area contributed by atoms with Gasteiger partial charge in [0.1, 0.15) is 0 Å². The molecule has 0 aliphatic rings. The van der Waals surface area contributed by atoms with E-state index in [0.717, 1.165) is 12.1 Å². The maximum atomic E-state index is 6.27. The van der Waals surface area contributed by atoms with E-state index in [9.17, 15) is 0 Å². The van der Waals surface area contributed by atoms with Gasteiger partial charge < -0.3 is 5.73 Å². The van der Waals surface area contributed by atoms with Gasteiger partial charge in [-0.1, -0.05) is 36.7 Å². The van der Waals surface area contributed by atoms with Gasteiger partial charge in [-0.3, -0.25) is 0 Å². The van der Waals surface area contributed by atoms with Crippen LogP contribution in [-0.2, 0) is 6.42 Å². The van der Waals surface area contributed by atoms with Gasteiger partial charge in [0.2, 0.25) is 0 Å². The number of anilines is 1. The third kappa shape index (κ3) is 2.48. The lowest BCUT2D eigenvalue weighted by Gasteiger charge is -2.08. The van der Waals surface area contributed by atoms with Crippen LogP contribution in [0.2, 0.25) is 5.02 Å². The summed E-state index contributed by atoms with van der Waals surface area (Å²) in [5.74, 6) is 0.570. The Morgan fingerprint density at radius 1 is 1.19 bits per heavy atom. The zero-order chi connectivity index (χ0) is 14.8. The van der Waals surface area contributed by atoms with Crippen LogP contribution in [0.15, 0.2) is 42.5 Å². The van der Waals surface area contributed by atoms with E-state index in [2.05, 4.69) is 34.6 Å². The Bertz CT molecular complexity index is 781. The highest BCUT2D eigenvalue weighted by Gasteiger charge is 2.15. The van der Waals surface area contributed by atoms with Gasteiger partial charge in [-0.25, -0.2) is 0 Å². The molecule has 2 N–H and O–H groups in total. The number of nitrogens with two attached hydrogens (primary N) is 1. The Balaban J connectivity index is 2.15. The van der Waals surface area contributed by atoms with Gasteiger partial charge in [0.15, 0.2) is 5.82 Å². The number of tetrazole rings is 1. The summed E-state index contributed by atoms with van der Waals surface area (Å²) in [5.41, 5.74) is 9.18. The molecule has 0 aliphatic carbocycles. The molecule has 0 saturated heterocycles. The highest BCUT2D eigenvalue weighted by Crippen LogP contribution is 2.31. The van der Waals surface area contributed by atoms with Gasteiger partial charge in [-0.2, -0.15) is 4.68 Å². The van der Waals surface area contributed by atoms with Crippen molar-refractivity contribution >= 4 is 17.3 Å². The number of nitrogens with zero attached hydrogens (tertiary/aromatic N) is 4. The van der Waals surface area contributed by atoms with E-state index in [1.807, 2.05) is 24.3 Å². The molecule has 1 aromatic heterocycles. The largest absolute Gasteiger partial charge is 0.398 e. The second-order valence-corrected chi connectivity index (χ2v) is 5.02. The van der Waals surface area contributed by atoms with E-state index in [1.54, 1.807) is 10.7 Å². The normalized spacial score (nSPS) is 10.8. The smallest absolute Gasteiger partial charge is 0.188 e. The molecule has 0 saturated carbocycles. The number of rotatable bonds is 3. The van der Waals surface area contributed by atoms with Crippen LogP contribution in [-0.4, -0.2) is 20.2 Å². The molecule has 0 atom stereocenters. The lowest BCUT2D eigenvalue weighted by Crippen LogP contribution is -2.01. The fourth-order valence-electron chi connectivity index (χ4n) is 2.16. The fourth-order valence-corrected chi connectivity index (χ4v) is 2.37. The van der Waals surface area contributed by atoms with Crippen molar-refractivity contribution in [3.05, 3.63) is 53.1 Å². The first-order valence-electron chi connectivity index (χ1n) is 6.62. The van der Waals surface area contributed by atoms with Gasteiger partial charge in [-0.15, -0.1) is 5.10 Å². The number of benzene rings is 2. The molecule has 0 aliphatic heterocycles. The molecule has 0 unspecified atom stereocenters. The standard InChI is InChI=1S/C15H14ClN5/c1-2-10-5-3-6-11(9-10)21-15(18-19-20-21)12-7-4-8-13(17)14(12)16/h3-9H,2,17H2,1H3. The molecule has 0 fully saturated rings. The summed E-state index contributed by atoms with van der Waals surface area (Å²) in [6.07, 6.45) is 0.949. The maximum Gasteiger partial charge on any atom is 0.188 e. The van der Waals surface area contributed by atoms with Crippen molar-refractivity contribution in [2.75, 3.05) is 5.73 Å². The Kier molecular flexibility index (Phi) is 3.58. The van der Waals surface area contributed by atoms with Crippen molar-refractivity contribution < 1.29 is 0 Å². The van der Waals surface area contributed by atoms with E-state index in [0.29, 0.717) is 22.1 Å². The maximum absolute atomic E-state index is 6.27. The lowest BCUT2D eigenvalue weighted by molar-refractivity contribution is 0.790. The van der Waals surface area contributed by atoms with E-state index in [-0.39, 0.29) is 0 Å². The molecule has 2 aromatic carbocycles. The van der Waals surface area contributed by atoms with Gasteiger partial charge in [0.25, 0.3) is 0 Å². The molecule has 0 spiro atoms. The first-order chi connectivity index (χ1) is 10.2. The molecular weight excluding hydrogens is 286 g/mol. The Hall–Kier alpha value is -2.40. The third-order valence-corrected chi connectivity index (χ3v) is 3.72. The van der Waals surface area contributed by atoms with Crippen LogP contribution in [0, 0.1) is 0 Å². The summed E-state index contributed by atoms with van der Waals surface area (Å²) in [5, 5.41) is 12.4. The Labute approximate surface area is 127 Å². The predicted octanol–water partition coefficient (Wildman–Crippen LogP) is 3.13. The monoisotopic (exact) mass is 299 g/mol. The number of aryl methyl sites for hydroxylation is 1. The zero-order valence-electron chi connectivity index (χ0n) is 11.5. The predicted molar refractivity (Wildman–Crippen MR) is 83.4 cm³/mol. The number of nitrogen functional groups attached to an aromatic ring is 1. The second kappa shape index (κ2) is 5.54. The molecule has 0 amide bonds. The van der Waals surface area contributed by atoms with Crippen LogP contribution >= 0.6 is 11.6 Å². The van der Waals surface area contributed by atoms with Crippen LogP contribution in [0.1, 0.15) is 12.5 Å². The van der Waals surface area contributed by atoms with Crippen LogP contribution in [0.5, 0.6) is 0 Å². The molecule has 1 heterocycles. The number of aromatic nitrogens is 4. The van der Waals surface area contributed by atoms with E-state index in [1.165, 1.54) is 5.56 Å². The summed E-state index contributed by atoms with van der Waals surface area (Å²) in [6.45, 7) is 2.11. The van der Waals surface area contributed by atoms with Crippen molar-refractivity contribution in [2.24, 2.45) is 0 Å². The van der Waals surface area contributed by atoms with Crippen molar-refractivity contribution in [1.82, 2.24) is 20.2 Å². The lowest BCUT2D eigenvalue weighted by atomic mass is 10.1. The SMILES string of the molecule is CCc1cccc(-n2nnnc2-c2cccc(N)c2Cl)c1.